The molecule has 1 aromatic rings. The Kier molecular flexibility index (Phi) is 6.68. The van der Waals surface area contributed by atoms with Gasteiger partial charge >= 0.3 is 0 Å². The first kappa shape index (κ1) is 19.9. The summed E-state index contributed by atoms with van der Waals surface area (Å²) in [4.78, 5) is 9.48. The Morgan fingerprint density at radius 1 is 1.11 bits per heavy atom. The van der Waals surface area contributed by atoms with E-state index in [0.29, 0.717) is 4.75 Å². The first-order chi connectivity index (χ1) is 13.8. The normalized spacial score (nSPS) is 23.1. The predicted molar refractivity (Wildman–Crippen MR) is 120 cm³/mol. The second kappa shape index (κ2) is 9.40. The van der Waals surface area contributed by atoms with Gasteiger partial charge in [0.1, 0.15) is 0 Å². The Hall–Kier alpha value is -1.40. The van der Waals surface area contributed by atoms with Gasteiger partial charge < -0.3 is 19.9 Å². The minimum absolute atomic E-state index is 0.466. The molecule has 1 spiro atoms. The molecule has 1 N–H and O–H groups in total. The molecular weight excluding hydrogens is 368 g/mol. The highest BCUT2D eigenvalue weighted by Crippen LogP contribution is 2.42. The van der Waals surface area contributed by atoms with Crippen LogP contribution in [-0.2, 0) is 11.3 Å². The molecule has 0 radical (unpaired) electrons. The molecule has 154 valence electrons. The van der Waals surface area contributed by atoms with Gasteiger partial charge in [0.2, 0.25) is 0 Å². The summed E-state index contributed by atoms with van der Waals surface area (Å²) < 4.78 is 5.92. The lowest BCUT2D eigenvalue weighted by atomic mass is 9.87. The molecule has 1 aromatic carbocycles. The Morgan fingerprint density at radius 3 is 2.57 bits per heavy atom. The molecule has 0 amide bonds. The molecule has 5 nitrogen and oxygen atoms in total. The maximum atomic E-state index is 5.45. The second-order valence-electron chi connectivity index (χ2n) is 8.18. The summed E-state index contributed by atoms with van der Waals surface area (Å²) in [6, 6.07) is 8.94. The smallest absolute Gasteiger partial charge is 0.193 e. The van der Waals surface area contributed by atoms with Crippen molar-refractivity contribution in [1.82, 2.24) is 10.2 Å². The van der Waals surface area contributed by atoms with E-state index in [1.165, 1.54) is 49.1 Å². The van der Waals surface area contributed by atoms with E-state index in [1.807, 2.05) is 7.05 Å². The number of benzene rings is 1. The maximum Gasteiger partial charge on any atom is 0.193 e. The molecule has 1 saturated carbocycles. The van der Waals surface area contributed by atoms with Crippen molar-refractivity contribution in [2.45, 2.75) is 43.4 Å². The number of aliphatic imine (C=N–C) groups is 1. The zero-order valence-corrected chi connectivity index (χ0v) is 18.0. The molecule has 0 atom stereocenters. The van der Waals surface area contributed by atoms with Gasteiger partial charge in [-0.05, 0) is 30.5 Å². The second-order valence-corrected chi connectivity index (χ2v) is 9.74. The fraction of sp³-hybridized carbons (Fsp3) is 0.682. The van der Waals surface area contributed by atoms with Crippen LogP contribution in [0.4, 0.5) is 5.69 Å². The summed E-state index contributed by atoms with van der Waals surface area (Å²) in [5, 5.41) is 3.61. The van der Waals surface area contributed by atoms with Crippen LogP contribution < -0.4 is 10.2 Å². The monoisotopic (exact) mass is 402 g/mol. The molecule has 1 aliphatic carbocycles. The first-order valence-electron chi connectivity index (χ1n) is 10.8. The lowest BCUT2D eigenvalue weighted by Crippen LogP contribution is -2.53. The summed E-state index contributed by atoms with van der Waals surface area (Å²) in [6.45, 7) is 6.70. The van der Waals surface area contributed by atoms with Crippen molar-refractivity contribution in [2.75, 3.05) is 57.1 Å². The van der Waals surface area contributed by atoms with Gasteiger partial charge in [-0.1, -0.05) is 31.4 Å². The number of thioether (sulfide) groups is 1. The summed E-state index contributed by atoms with van der Waals surface area (Å²) in [5.74, 6) is 2.28. The average Bonchev–Trinajstić information content (AvgIpc) is 2.76. The summed E-state index contributed by atoms with van der Waals surface area (Å²) in [7, 11) is 1.92. The number of anilines is 1. The Balaban J connectivity index is 1.32. The van der Waals surface area contributed by atoms with Crippen molar-refractivity contribution in [3.05, 3.63) is 29.8 Å². The van der Waals surface area contributed by atoms with Gasteiger partial charge in [-0.2, -0.15) is 11.8 Å². The van der Waals surface area contributed by atoms with Gasteiger partial charge in [0.15, 0.2) is 5.96 Å². The van der Waals surface area contributed by atoms with Crippen molar-refractivity contribution in [3.8, 4) is 0 Å². The first-order valence-corrected chi connectivity index (χ1v) is 11.8. The van der Waals surface area contributed by atoms with Crippen molar-refractivity contribution >= 4 is 23.4 Å². The van der Waals surface area contributed by atoms with Gasteiger partial charge in [0.05, 0.1) is 13.2 Å². The Labute approximate surface area is 173 Å². The van der Waals surface area contributed by atoms with Crippen LogP contribution in [-0.4, -0.2) is 67.8 Å². The van der Waals surface area contributed by atoms with Crippen molar-refractivity contribution in [2.24, 2.45) is 4.99 Å². The van der Waals surface area contributed by atoms with Gasteiger partial charge in [-0.25, -0.2) is 0 Å². The predicted octanol–water partition coefficient (Wildman–Crippen LogP) is 3.35. The summed E-state index contributed by atoms with van der Waals surface area (Å²) in [6.07, 6.45) is 6.93. The van der Waals surface area contributed by atoms with Crippen molar-refractivity contribution < 1.29 is 4.74 Å². The van der Waals surface area contributed by atoms with Crippen LogP contribution in [0.25, 0.3) is 0 Å². The summed E-state index contributed by atoms with van der Waals surface area (Å²) >= 11 is 2.21. The van der Waals surface area contributed by atoms with E-state index in [-0.39, 0.29) is 0 Å². The van der Waals surface area contributed by atoms with Crippen molar-refractivity contribution in [3.63, 3.8) is 0 Å². The Bertz CT molecular complexity index is 645. The van der Waals surface area contributed by atoms with Gasteiger partial charge in [0.25, 0.3) is 0 Å². The molecule has 2 heterocycles. The Morgan fingerprint density at radius 2 is 1.86 bits per heavy atom. The van der Waals surface area contributed by atoms with Crippen molar-refractivity contribution in [1.29, 1.82) is 0 Å². The van der Waals surface area contributed by atoms with Crippen LogP contribution in [0.1, 0.15) is 37.7 Å². The third-order valence-electron chi connectivity index (χ3n) is 6.29. The van der Waals surface area contributed by atoms with E-state index in [0.717, 1.165) is 51.9 Å². The molecule has 2 saturated heterocycles. The minimum Gasteiger partial charge on any atom is -0.378 e. The molecule has 6 heteroatoms. The molecule has 28 heavy (non-hydrogen) atoms. The number of hydrogen-bond acceptors (Lipinski definition) is 4. The van der Waals surface area contributed by atoms with Gasteiger partial charge in [-0.3, -0.25) is 4.99 Å². The quantitative estimate of drug-likeness (QED) is 0.620. The van der Waals surface area contributed by atoms with Crippen LogP contribution in [0, 0.1) is 0 Å². The van der Waals surface area contributed by atoms with Crippen LogP contribution in [0.5, 0.6) is 0 Å². The molecule has 0 bridgehead atoms. The number of nitrogens with one attached hydrogen (secondary N) is 1. The number of rotatable bonds is 3. The SMILES string of the molecule is CN=C(NCc1ccc(N2CCOCC2)cc1)N1CCSC2(CCCCC2)C1. The molecule has 3 fully saturated rings. The van der Waals surface area contributed by atoms with E-state index in [4.69, 9.17) is 4.74 Å². The zero-order valence-electron chi connectivity index (χ0n) is 17.2. The standard InChI is InChI=1S/C22H34N4OS/c1-23-21(26-13-16-28-22(18-26)9-3-2-4-10-22)24-17-19-5-7-20(8-6-19)25-11-14-27-15-12-25/h5-8H,2-4,9-18H2,1H3,(H,23,24). The number of hydrogen-bond donors (Lipinski definition) is 1. The van der Waals surface area contributed by atoms with E-state index in [2.05, 4.69) is 56.1 Å². The van der Waals surface area contributed by atoms with E-state index >= 15 is 0 Å². The van der Waals surface area contributed by atoms with Crippen LogP contribution >= 0.6 is 11.8 Å². The van der Waals surface area contributed by atoms with Gasteiger partial charge in [-0.15, -0.1) is 0 Å². The fourth-order valence-electron chi connectivity index (χ4n) is 4.68. The molecule has 2 aliphatic heterocycles. The lowest BCUT2D eigenvalue weighted by Gasteiger charge is -2.45. The van der Waals surface area contributed by atoms with E-state index in [9.17, 15) is 0 Å². The third-order valence-corrected chi connectivity index (χ3v) is 7.82. The molecule has 0 aromatic heterocycles. The topological polar surface area (TPSA) is 40.1 Å². The minimum atomic E-state index is 0.466. The van der Waals surface area contributed by atoms with E-state index in [1.54, 1.807) is 0 Å². The van der Waals surface area contributed by atoms with Crippen LogP contribution in [0.2, 0.25) is 0 Å². The van der Waals surface area contributed by atoms with Crippen LogP contribution in [0.3, 0.4) is 0 Å². The number of guanidine groups is 1. The maximum absolute atomic E-state index is 5.45. The number of ether oxygens (including phenoxy) is 1. The average molecular weight is 403 g/mol. The fourth-order valence-corrected chi connectivity index (χ4v) is 6.25. The summed E-state index contributed by atoms with van der Waals surface area (Å²) in [5.41, 5.74) is 2.60. The highest BCUT2D eigenvalue weighted by atomic mass is 32.2. The lowest BCUT2D eigenvalue weighted by molar-refractivity contribution is 0.122. The number of morpholine rings is 1. The number of nitrogens with zero attached hydrogens (tertiary/aromatic N) is 3. The molecule has 0 unspecified atom stereocenters. The highest BCUT2D eigenvalue weighted by Gasteiger charge is 2.38. The largest absolute Gasteiger partial charge is 0.378 e. The highest BCUT2D eigenvalue weighted by molar-refractivity contribution is 8.00. The molecule has 3 aliphatic rings. The van der Waals surface area contributed by atoms with Gasteiger partial charge in [0, 0.05) is 56.0 Å². The molecule has 4 rings (SSSR count). The third kappa shape index (κ3) is 4.77. The van der Waals surface area contributed by atoms with Crippen LogP contribution in [0.15, 0.2) is 29.3 Å². The van der Waals surface area contributed by atoms with E-state index < -0.39 is 0 Å². The zero-order chi connectivity index (χ0) is 19.2. The molecular formula is C22H34N4OS.